The molecule has 0 radical (unpaired) electrons. The molecule has 0 saturated carbocycles. The van der Waals surface area contributed by atoms with Gasteiger partial charge in [0.1, 0.15) is 12.1 Å². The van der Waals surface area contributed by atoms with Gasteiger partial charge in [0.15, 0.2) is 0 Å². The molecule has 8 heteroatoms. The van der Waals surface area contributed by atoms with Gasteiger partial charge < -0.3 is 4.74 Å². The highest BCUT2D eigenvalue weighted by molar-refractivity contribution is 6.16. The Morgan fingerprint density at radius 1 is 1.00 bits per heavy atom. The quantitative estimate of drug-likeness (QED) is 0.552. The first-order valence-corrected chi connectivity index (χ1v) is 11.1. The van der Waals surface area contributed by atoms with Gasteiger partial charge in [0.05, 0.1) is 25.0 Å². The second kappa shape index (κ2) is 7.81. The second-order valence-corrected chi connectivity index (χ2v) is 8.71. The van der Waals surface area contributed by atoms with Gasteiger partial charge in [-0.2, -0.15) is 0 Å². The number of rotatable bonds is 5. The number of hydrogen-bond donors (Lipinski definition) is 1. The Labute approximate surface area is 191 Å². The number of fused-ring (bicyclic) bond motifs is 4. The van der Waals surface area contributed by atoms with Crippen LogP contribution in [0.15, 0.2) is 54.6 Å². The van der Waals surface area contributed by atoms with E-state index in [-0.39, 0.29) is 31.5 Å². The third kappa shape index (κ3) is 3.01. The van der Waals surface area contributed by atoms with Crippen molar-refractivity contribution in [1.29, 1.82) is 0 Å². The number of carbonyl (C=O) groups is 4. The maximum Gasteiger partial charge on any atom is 0.326 e. The second-order valence-electron chi connectivity index (χ2n) is 8.71. The van der Waals surface area contributed by atoms with E-state index in [1.165, 1.54) is 9.80 Å². The Bertz CT molecular complexity index is 1150. The highest BCUT2D eigenvalue weighted by Crippen LogP contribution is 2.54. The molecule has 3 aliphatic rings. The number of hydrogen-bond acceptors (Lipinski definition) is 6. The summed E-state index contributed by atoms with van der Waals surface area (Å²) in [6.07, 6.45) is 0. The third-order valence-electron chi connectivity index (χ3n) is 6.88. The van der Waals surface area contributed by atoms with E-state index in [9.17, 15) is 19.2 Å². The number of amides is 3. The number of benzene rings is 2. The monoisotopic (exact) mass is 447 g/mol. The third-order valence-corrected chi connectivity index (χ3v) is 6.88. The molecule has 170 valence electrons. The SMILES string of the molecule is CCOC(=O)CN1C(=O)[C@@]2(N[C@@H](C)[C@H]3C(=O)N(Cc4ccccc4)C(=O)[C@@H]32)c2ccccc21. The Balaban J connectivity index is 1.56. The van der Waals surface area contributed by atoms with Crippen molar-refractivity contribution >= 4 is 29.4 Å². The predicted molar refractivity (Wildman–Crippen MR) is 119 cm³/mol. The number of imide groups is 1. The number of likely N-dealkylation sites (tertiary alicyclic amines) is 1. The van der Waals surface area contributed by atoms with Crippen LogP contribution in [0.25, 0.3) is 0 Å². The molecule has 2 saturated heterocycles. The van der Waals surface area contributed by atoms with Crippen LogP contribution >= 0.6 is 0 Å². The fraction of sp³-hybridized carbons (Fsp3) is 0.360. The summed E-state index contributed by atoms with van der Waals surface area (Å²) in [6.45, 7) is 3.64. The summed E-state index contributed by atoms with van der Waals surface area (Å²) < 4.78 is 5.07. The minimum absolute atomic E-state index is 0.163. The Morgan fingerprint density at radius 3 is 2.42 bits per heavy atom. The number of nitrogens with one attached hydrogen (secondary N) is 1. The number of para-hydroxylation sites is 1. The van der Waals surface area contributed by atoms with Crippen LogP contribution in [0.3, 0.4) is 0 Å². The van der Waals surface area contributed by atoms with Gasteiger partial charge in [0, 0.05) is 17.3 Å². The van der Waals surface area contributed by atoms with E-state index in [1.807, 2.05) is 37.3 Å². The van der Waals surface area contributed by atoms with Crippen LogP contribution in [-0.4, -0.2) is 47.8 Å². The molecule has 8 nitrogen and oxygen atoms in total. The first-order chi connectivity index (χ1) is 15.9. The molecule has 1 N–H and O–H groups in total. The van der Waals surface area contributed by atoms with Crippen LogP contribution in [0.2, 0.25) is 0 Å². The maximum absolute atomic E-state index is 13.9. The summed E-state index contributed by atoms with van der Waals surface area (Å²) in [7, 11) is 0. The summed E-state index contributed by atoms with van der Waals surface area (Å²) in [4.78, 5) is 55.9. The zero-order valence-corrected chi connectivity index (χ0v) is 18.5. The average Bonchev–Trinajstić information content (AvgIpc) is 3.34. The zero-order valence-electron chi connectivity index (χ0n) is 18.5. The lowest BCUT2D eigenvalue weighted by Gasteiger charge is -2.30. The fourth-order valence-corrected chi connectivity index (χ4v) is 5.58. The lowest BCUT2D eigenvalue weighted by atomic mass is 9.76. The van der Waals surface area contributed by atoms with E-state index < -0.39 is 35.3 Å². The number of anilines is 1. The van der Waals surface area contributed by atoms with E-state index in [4.69, 9.17) is 4.74 Å². The number of esters is 1. The molecule has 3 heterocycles. The molecule has 0 aromatic heterocycles. The summed E-state index contributed by atoms with van der Waals surface area (Å²) in [5.41, 5.74) is 0.612. The van der Waals surface area contributed by atoms with Gasteiger partial charge >= 0.3 is 5.97 Å². The van der Waals surface area contributed by atoms with Crippen molar-refractivity contribution in [2.24, 2.45) is 11.8 Å². The molecular weight excluding hydrogens is 422 g/mol. The van der Waals surface area contributed by atoms with Gasteiger partial charge in [0.2, 0.25) is 11.8 Å². The van der Waals surface area contributed by atoms with Crippen LogP contribution < -0.4 is 10.2 Å². The lowest BCUT2D eigenvalue weighted by Crippen LogP contribution is -2.55. The zero-order chi connectivity index (χ0) is 23.3. The van der Waals surface area contributed by atoms with Crippen LogP contribution in [0, 0.1) is 11.8 Å². The summed E-state index contributed by atoms with van der Waals surface area (Å²) in [5.74, 6) is -3.13. The predicted octanol–water partition coefficient (Wildman–Crippen LogP) is 1.58. The number of carbonyl (C=O) groups excluding carboxylic acids is 4. The lowest BCUT2D eigenvalue weighted by molar-refractivity contribution is -0.144. The smallest absolute Gasteiger partial charge is 0.326 e. The Morgan fingerprint density at radius 2 is 1.70 bits per heavy atom. The molecule has 3 amide bonds. The molecule has 33 heavy (non-hydrogen) atoms. The molecule has 2 fully saturated rings. The maximum atomic E-state index is 13.9. The Kier molecular flexibility index (Phi) is 5.05. The molecular formula is C25H25N3O5. The van der Waals surface area contributed by atoms with Crippen molar-refractivity contribution in [1.82, 2.24) is 10.2 Å². The highest BCUT2D eigenvalue weighted by Gasteiger charge is 2.70. The molecule has 2 aromatic rings. The van der Waals surface area contributed by atoms with Crippen molar-refractivity contribution in [3.8, 4) is 0 Å². The van der Waals surface area contributed by atoms with E-state index in [0.29, 0.717) is 11.3 Å². The van der Waals surface area contributed by atoms with Gasteiger partial charge in [0.25, 0.3) is 5.91 Å². The molecule has 0 aliphatic carbocycles. The van der Waals surface area contributed by atoms with Crippen molar-refractivity contribution in [2.75, 3.05) is 18.1 Å². The standard InChI is InChI=1S/C25H25N3O5/c1-3-33-19(29)14-27-18-12-8-7-11-17(18)25(24(27)32)21-20(15(2)26-25)22(30)28(23(21)31)13-16-9-5-4-6-10-16/h4-12,15,20-21,26H,3,13-14H2,1-2H3/t15-,20+,21+,25+/m0/s1. The van der Waals surface area contributed by atoms with Gasteiger partial charge in [-0.15, -0.1) is 0 Å². The van der Waals surface area contributed by atoms with Crippen molar-refractivity contribution in [3.05, 3.63) is 65.7 Å². The summed E-state index contributed by atoms with van der Waals surface area (Å²) >= 11 is 0. The summed E-state index contributed by atoms with van der Waals surface area (Å²) in [5, 5.41) is 3.31. The van der Waals surface area contributed by atoms with Crippen molar-refractivity contribution in [3.63, 3.8) is 0 Å². The molecule has 5 rings (SSSR count). The van der Waals surface area contributed by atoms with Gasteiger partial charge in [-0.25, -0.2) is 0 Å². The van der Waals surface area contributed by atoms with Gasteiger partial charge in [-0.3, -0.25) is 34.3 Å². The van der Waals surface area contributed by atoms with Crippen LogP contribution in [0.4, 0.5) is 5.69 Å². The average molecular weight is 447 g/mol. The van der Waals surface area contributed by atoms with E-state index >= 15 is 0 Å². The minimum Gasteiger partial charge on any atom is -0.465 e. The van der Waals surface area contributed by atoms with Gasteiger partial charge in [-0.05, 0) is 25.5 Å². The molecule has 0 bridgehead atoms. The van der Waals surface area contributed by atoms with Crippen molar-refractivity contribution < 1.29 is 23.9 Å². The first kappa shape index (κ1) is 21.3. The minimum atomic E-state index is -1.40. The molecule has 0 unspecified atom stereocenters. The first-order valence-electron chi connectivity index (χ1n) is 11.1. The summed E-state index contributed by atoms with van der Waals surface area (Å²) in [6, 6.07) is 16.0. The van der Waals surface area contributed by atoms with E-state index in [0.717, 1.165) is 5.56 Å². The molecule has 1 spiro atoms. The van der Waals surface area contributed by atoms with Crippen LogP contribution in [-0.2, 0) is 36.0 Å². The van der Waals surface area contributed by atoms with E-state index in [1.54, 1.807) is 31.2 Å². The topological polar surface area (TPSA) is 96.0 Å². The highest BCUT2D eigenvalue weighted by atomic mass is 16.5. The van der Waals surface area contributed by atoms with Gasteiger partial charge in [-0.1, -0.05) is 48.5 Å². The van der Waals surface area contributed by atoms with Crippen LogP contribution in [0.1, 0.15) is 25.0 Å². The number of nitrogens with zero attached hydrogens (tertiary/aromatic N) is 2. The molecule has 3 aliphatic heterocycles. The Hall–Kier alpha value is -3.52. The molecule has 4 atom stereocenters. The van der Waals surface area contributed by atoms with Crippen LogP contribution in [0.5, 0.6) is 0 Å². The molecule has 2 aromatic carbocycles. The van der Waals surface area contributed by atoms with E-state index in [2.05, 4.69) is 5.32 Å². The largest absolute Gasteiger partial charge is 0.465 e. The number of ether oxygens (including phenoxy) is 1. The van der Waals surface area contributed by atoms with Crippen molar-refractivity contribution in [2.45, 2.75) is 32.0 Å². The normalized spacial score (nSPS) is 27.9. The fourth-order valence-electron chi connectivity index (χ4n) is 5.58.